The molecule has 14 heavy (non-hydrogen) atoms. The van der Waals surface area contributed by atoms with E-state index in [1.807, 2.05) is 0 Å². The predicted octanol–water partition coefficient (Wildman–Crippen LogP) is 2.74. The van der Waals surface area contributed by atoms with E-state index in [9.17, 15) is 0 Å². The quantitative estimate of drug-likeness (QED) is 0.739. The summed E-state index contributed by atoms with van der Waals surface area (Å²) in [6.07, 6.45) is 7.45. The minimum atomic E-state index is 0.0924. The maximum Gasteiger partial charge on any atom is 0.0705 e. The molecule has 0 spiro atoms. The molecule has 1 saturated carbocycles. The topological polar surface area (TPSA) is 29.5 Å². The van der Waals surface area contributed by atoms with Crippen LogP contribution in [0.3, 0.4) is 0 Å². The van der Waals surface area contributed by atoms with Crippen LogP contribution >= 0.6 is 0 Å². The van der Waals surface area contributed by atoms with Gasteiger partial charge in [0.15, 0.2) is 0 Å². The molecule has 84 valence electrons. The summed E-state index contributed by atoms with van der Waals surface area (Å²) in [5, 5.41) is 8.82. The highest BCUT2D eigenvalue weighted by molar-refractivity contribution is 4.85. The molecule has 0 bridgehead atoms. The van der Waals surface area contributed by atoms with Crippen LogP contribution in [0, 0.1) is 5.92 Å². The van der Waals surface area contributed by atoms with E-state index >= 15 is 0 Å². The van der Waals surface area contributed by atoms with Crippen molar-refractivity contribution in [3.8, 4) is 0 Å². The molecule has 1 rings (SSSR count). The summed E-state index contributed by atoms with van der Waals surface area (Å²) in [5.74, 6) is 0.687. The van der Waals surface area contributed by atoms with Gasteiger partial charge in [-0.25, -0.2) is 0 Å². The van der Waals surface area contributed by atoms with Gasteiger partial charge in [0, 0.05) is 0 Å². The highest BCUT2D eigenvalue weighted by Gasteiger charge is 2.33. The smallest absolute Gasteiger partial charge is 0.0705 e. The molecule has 2 heteroatoms. The highest BCUT2D eigenvalue weighted by atomic mass is 16.5. The lowest BCUT2D eigenvalue weighted by molar-refractivity contribution is -0.0918. The SMILES string of the molecule is CC(C)CC1(OCCO)CCCCC1. The Labute approximate surface area is 87.7 Å². The second-order valence-electron chi connectivity index (χ2n) is 4.91. The van der Waals surface area contributed by atoms with Crippen molar-refractivity contribution in [2.75, 3.05) is 13.2 Å². The zero-order valence-corrected chi connectivity index (χ0v) is 9.59. The summed E-state index contributed by atoms with van der Waals surface area (Å²) in [5.41, 5.74) is 0.0924. The number of aliphatic hydroxyl groups excluding tert-OH is 1. The van der Waals surface area contributed by atoms with Crippen molar-refractivity contribution in [3.63, 3.8) is 0 Å². The van der Waals surface area contributed by atoms with Crippen LogP contribution in [0.2, 0.25) is 0 Å². The van der Waals surface area contributed by atoms with Crippen LogP contribution in [-0.2, 0) is 4.74 Å². The third-order valence-corrected chi connectivity index (χ3v) is 3.04. The molecule has 0 aromatic rings. The van der Waals surface area contributed by atoms with Gasteiger partial charge < -0.3 is 9.84 Å². The third kappa shape index (κ3) is 3.58. The number of hydrogen-bond acceptors (Lipinski definition) is 2. The Balaban J connectivity index is 2.47. The molecular weight excluding hydrogens is 176 g/mol. The number of ether oxygens (including phenoxy) is 1. The van der Waals surface area contributed by atoms with Gasteiger partial charge in [-0.2, -0.15) is 0 Å². The standard InChI is InChI=1S/C12H24O2/c1-11(2)10-12(14-9-8-13)6-4-3-5-7-12/h11,13H,3-10H2,1-2H3. The van der Waals surface area contributed by atoms with Gasteiger partial charge >= 0.3 is 0 Å². The van der Waals surface area contributed by atoms with E-state index in [2.05, 4.69) is 13.8 Å². The maximum absolute atomic E-state index is 8.82. The van der Waals surface area contributed by atoms with Gasteiger partial charge in [-0.15, -0.1) is 0 Å². The lowest BCUT2D eigenvalue weighted by Gasteiger charge is -2.38. The number of aliphatic hydroxyl groups is 1. The molecule has 0 heterocycles. The molecule has 0 unspecified atom stereocenters. The molecular formula is C12H24O2. The van der Waals surface area contributed by atoms with E-state index in [1.165, 1.54) is 32.1 Å². The normalized spacial score (nSPS) is 21.4. The van der Waals surface area contributed by atoms with Gasteiger partial charge in [-0.3, -0.25) is 0 Å². The average molecular weight is 200 g/mol. The first kappa shape index (κ1) is 12.0. The summed E-state index contributed by atoms with van der Waals surface area (Å²) < 4.78 is 5.88. The summed E-state index contributed by atoms with van der Waals surface area (Å²) in [7, 11) is 0. The Morgan fingerprint density at radius 2 is 1.86 bits per heavy atom. The van der Waals surface area contributed by atoms with Gasteiger partial charge in [-0.05, 0) is 25.2 Å². The van der Waals surface area contributed by atoms with Crippen LogP contribution < -0.4 is 0 Å². The number of hydrogen-bond donors (Lipinski definition) is 1. The van der Waals surface area contributed by atoms with Crippen molar-refractivity contribution in [2.45, 2.75) is 58.0 Å². The molecule has 1 N–H and O–H groups in total. The van der Waals surface area contributed by atoms with Crippen molar-refractivity contribution in [3.05, 3.63) is 0 Å². The molecule has 1 fully saturated rings. The second kappa shape index (κ2) is 5.72. The monoisotopic (exact) mass is 200 g/mol. The van der Waals surface area contributed by atoms with Crippen LogP contribution in [0.15, 0.2) is 0 Å². The van der Waals surface area contributed by atoms with Crippen molar-refractivity contribution in [2.24, 2.45) is 5.92 Å². The molecule has 1 aliphatic carbocycles. The van der Waals surface area contributed by atoms with Gasteiger partial charge in [-0.1, -0.05) is 33.1 Å². The molecule has 0 amide bonds. The van der Waals surface area contributed by atoms with E-state index in [-0.39, 0.29) is 12.2 Å². The first-order valence-corrected chi connectivity index (χ1v) is 5.93. The molecule has 0 aromatic carbocycles. The Morgan fingerprint density at radius 1 is 1.21 bits per heavy atom. The fourth-order valence-corrected chi connectivity index (χ4v) is 2.61. The first-order chi connectivity index (χ1) is 6.68. The van der Waals surface area contributed by atoms with Crippen LogP contribution in [0.5, 0.6) is 0 Å². The van der Waals surface area contributed by atoms with Crippen LogP contribution in [-0.4, -0.2) is 23.9 Å². The molecule has 0 aromatic heterocycles. The fourth-order valence-electron chi connectivity index (χ4n) is 2.61. The number of rotatable bonds is 5. The van der Waals surface area contributed by atoms with E-state index in [0.717, 1.165) is 6.42 Å². The van der Waals surface area contributed by atoms with Crippen LogP contribution in [0.4, 0.5) is 0 Å². The lowest BCUT2D eigenvalue weighted by atomic mass is 9.79. The Morgan fingerprint density at radius 3 is 2.36 bits per heavy atom. The first-order valence-electron chi connectivity index (χ1n) is 5.93. The molecule has 0 atom stereocenters. The van der Waals surface area contributed by atoms with Gasteiger partial charge in [0.2, 0.25) is 0 Å². The van der Waals surface area contributed by atoms with Gasteiger partial charge in [0.05, 0.1) is 18.8 Å². The third-order valence-electron chi connectivity index (χ3n) is 3.04. The Hall–Kier alpha value is -0.0800. The lowest BCUT2D eigenvalue weighted by Crippen LogP contribution is -2.37. The zero-order valence-electron chi connectivity index (χ0n) is 9.59. The second-order valence-corrected chi connectivity index (χ2v) is 4.91. The maximum atomic E-state index is 8.82. The van der Waals surface area contributed by atoms with Crippen LogP contribution in [0.1, 0.15) is 52.4 Å². The largest absolute Gasteiger partial charge is 0.394 e. The molecule has 2 nitrogen and oxygen atoms in total. The fraction of sp³-hybridized carbons (Fsp3) is 1.00. The van der Waals surface area contributed by atoms with Crippen molar-refractivity contribution in [1.82, 2.24) is 0 Å². The van der Waals surface area contributed by atoms with Gasteiger partial charge in [0.25, 0.3) is 0 Å². The minimum Gasteiger partial charge on any atom is -0.394 e. The average Bonchev–Trinajstić information content (AvgIpc) is 2.15. The van der Waals surface area contributed by atoms with Gasteiger partial charge in [0.1, 0.15) is 0 Å². The Kier molecular flexibility index (Phi) is 4.90. The summed E-state index contributed by atoms with van der Waals surface area (Å²) in [4.78, 5) is 0. The Bertz CT molecular complexity index is 148. The van der Waals surface area contributed by atoms with E-state index in [0.29, 0.717) is 12.5 Å². The van der Waals surface area contributed by atoms with Crippen molar-refractivity contribution in [1.29, 1.82) is 0 Å². The van der Waals surface area contributed by atoms with E-state index < -0.39 is 0 Å². The highest BCUT2D eigenvalue weighted by Crippen LogP contribution is 2.36. The summed E-state index contributed by atoms with van der Waals surface area (Å²) in [6, 6.07) is 0. The molecule has 0 aliphatic heterocycles. The summed E-state index contributed by atoms with van der Waals surface area (Å²) >= 11 is 0. The zero-order chi connectivity index (χ0) is 10.4. The molecule has 1 aliphatic rings. The van der Waals surface area contributed by atoms with E-state index in [4.69, 9.17) is 9.84 Å². The van der Waals surface area contributed by atoms with Crippen LogP contribution in [0.25, 0.3) is 0 Å². The van der Waals surface area contributed by atoms with Crippen molar-refractivity contribution >= 4 is 0 Å². The molecule has 0 saturated heterocycles. The van der Waals surface area contributed by atoms with E-state index in [1.54, 1.807) is 0 Å². The predicted molar refractivity (Wildman–Crippen MR) is 58.3 cm³/mol. The minimum absolute atomic E-state index is 0.0924. The summed E-state index contributed by atoms with van der Waals surface area (Å²) in [6.45, 7) is 5.16. The molecule has 0 radical (unpaired) electrons. The van der Waals surface area contributed by atoms with Crippen molar-refractivity contribution < 1.29 is 9.84 Å².